The van der Waals surface area contributed by atoms with Crippen LogP contribution >= 0.6 is 24.0 Å². The quantitative estimate of drug-likeness (QED) is 0.226. The van der Waals surface area contributed by atoms with Gasteiger partial charge in [0.2, 0.25) is 0 Å². The zero-order chi connectivity index (χ0) is 22.2. The summed E-state index contributed by atoms with van der Waals surface area (Å²) in [5.74, 6) is 1.75. The second-order valence-corrected chi connectivity index (χ2v) is 8.01. The third-order valence-corrected chi connectivity index (χ3v) is 6.07. The number of benzene rings is 1. The highest BCUT2D eigenvalue weighted by atomic mass is 127. The molecular weight excluding hydrogens is 517 g/mol. The standard InChI is InChI=1S/C23H37N7O.HI/c1-18-22(19(2)28(4)27-18)17-26-23(24-3)25-11-6-12-29-13-15-30(16-14-29)20-7-9-21(31-5)10-8-20;/h7-10H,6,11-17H2,1-5H3,(H2,24,25,26);1H. The Morgan fingerprint density at radius 2 is 1.78 bits per heavy atom. The van der Waals surface area contributed by atoms with Crippen molar-refractivity contribution < 1.29 is 4.74 Å². The average Bonchev–Trinajstić information content (AvgIpc) is 3.04. The van der Waals surface area contributed by atoms with Crippen molar-refractivity contribution in [2.24, 2.45) is 12.0 Å². The van der Waals surface area contributed by atoms with Gasteiger partial charge in [0.1, 0.15) is 5.75 Å². The van der Waals surface area contributed by atoms with Gasteiger partial charge in [-0.2, -0.15) is 5.10 Å². The molecule has 0 atom stereocenters. The number of ether oxygens (including phenoxy) is 1. The molecule has 2 heterocycles. The summed E-state index contributed by atoms with van der Waals surface area (Å²) in [5.41, 5.74) is 4.77. The molecule has 8 nitrogen and oxygen atoms in total. The van der Waals surface area contributed by atoms with Gasteiger partial charge in [-0.1, -0.05) is 0 Å². The number of halogens is 1. The first-order chi connectivity index (χ1) is 15.0. The van der Waals surface area contributed by atoms with Crippen molar-refractivity contribution in [1.29, 1.82) is 0 Å². The zero-order valence-corrected chi connectivity index (χ0v) is 22.3. The maximum absolute atomic E-state index is 5.25. The molecule has 0 aliphatic carbocycles. The molecule has 1 aromatic heterocycles. The van der Waals surface area contributed by atoms with Gasteiger partial charge in [-0.3, -0.25) is 14.6 Å². The van der Waals surface area contributed by atoms with E-state index in [2.05, 4.69) is 56.5 Å². The van der Waals surface area contributed by atoms with E-state index in [1.807, 2.05) is 30.9 Å². The Bertz CT molecular complexity index is 858. The van der Waals surface area contributed by atoms with Crippen molar-refractivity contribution in [3.63, 3.8) is 0 Å². The van der Waals surface area contributed by atoms with Gasteiger partial charge >= 0.3 is 0 Å². The monoisotopic (exact) mass is 555 g/mol. The number of aliphatic imine (C=N–C) groups is 1. The third kappa shape index (κ3) is 6.99. The van der Waals surface area contributed by atoms with Crippen LogP contribution < -0.4 is 20.3 Å². The molecule has 1 aliphatic heterocycles. The molecule has 3 rings (SSSR count). The highest BCUT2D eigenvalue weighted by Crippen LogP contribution is 2.20. The molecule has 0 radical (unpaired) electrons. The number of hydrogen-bond donors (Lipinski definition) is 2. The molecule has 1 saturated heterocycles. The number of nitrogens with one attached hydrogen (secondary N) is 2. The molecule has 9 heteroatoms. The van der Waals surface area contributed by atoms with Crippen molar-refractivity contribution in [2.45, 2.75) is 26.8 Å². The lowest BCUT2D eigenvalue weighted by Gasteiger charge is -2.36. The number of methoxy groups -OCH3 is 1. The van der Waals surface area contributed by atoms with E-state index in [0.29, 0.717) is 0 Å². The number of rotatable bonds is 8. The first kappa shape index (κ1) is 26.2. The van der Waals surface area contributed by atoms with Crippen LogP contribution in [-0.4, -0.2) is 74.1 Å². The molecular formula is C23H38IN7O. The van der Waals surface area contributed by atoms with Gasteiger partial charge in [0.25, 0.3) is 0 Å². The lowest BCUT2D eigenvalue weighted by atomic mass is 10.2. The number of hydrogen-bond acceptors (Lipinski definition) is 5. The number of piperazine rings is 1. The summed E-state index contributed by atoms with van der Waals surface area (Å²) >= 11 is 0. The Morgan fingerprint density at radius 1 is 1.09 bits per heavy atom. The van der Waals surface area contributed by atoms with E-state index in [1.54, 1.807) is 7.11 Å². The normalized spacial score (nSPS) is 14.8. The first-order valence-electron chi connectivity index (χ1n) is 11.1. The predicted molar refractivity (Wildman–Crippen MR) is 143 cm³/mol. The lowest BCUT2D eigenvalue weighted by Crippen LogP contribution is -2.47. The SMILES string of the molecule is CN=C(NCCCN1CCN(c2ccc(OC)cc2)CC1)NCc1c(C)nn(C)c1C.I. The van der Waals surface area contributed by atoms with Crippen molar-refractivity contribution in [2.75, 3.05) is 58.3 Å². The van der Waals surface area contributed by atoms with Crippen LogP contribution in [0.15, 0.2) is 29.3 Å². The summed E-state index contributed by atoms with van der Waals surface area (Å²) < 4.78 is 7.18. The van der Waals surface area contributed by atoms with Crippen LogP contribution in [0.4, 0.5) is 5.69 Å². The molecule has 2 N–H and O–H groups in total. The van der Waals surface area contributed by atoms with E-state index in [1.165, 1.54) is 16.9 Å². The average molecular weight is 556 g/mol. The fourth-order valence-electron chi connectivity index (χ4n) is 4.00. The Hall–Kier alpha value is -2.01. The van der Waals surface area contributed by atoms with Crippen LogP contribution in [-0.2, 0) is 13.6 Å². The Morgan fingerprint density at radius 3 is 2.34 bits per heavy atom. The van der Waals surface area contributed by atoms with E-state index in [-0.39, 0.29) is 24.0 Å². The highest BCUT2D eigenvalue weighted by Gasteiger charge is 2.17. The van der Waals surface area contributed by atoms with Gasteiger partial charge < -0.3 is 20.3 Å². The fraction of sp³-hybridized carbons (Fsp3) is 0.565. The van der Waals surface area contributed by atoms with E-state index >= 15 is 0 Å². The molecule has 1 aliphatic rings. The van der Waals surface area contributed by atoms with Gasteiger partial charge in [-0.25, -0.2) is 0 Å². The summed E-state index contributed by atoms with van der Waals surface area (Å²) in [6, 6.07) is 8.35. The van der Waals surface area contributed by atoms with E-state index < -0.39 is 0 Å². The highest BCUT2D eigenvalue weighted by molar-refractivity contribution is 14.0. The summed E-state index contributed by atoms with van der Waals surface area (Å²) in [5, 5.41) is 11.3. The van der Waals surface area contributed by atoms with Gasteiger partial charge in [-0.15, -0.1) is 24.0 Å². The van der Waals surface area contributed by atoms with Crippen molar-refractivity contribution in [1.82, 2.24) is 25.3 Å². The Labute approximate surface area is 209 Å². The molecule has 32 heavy (non-hydrogen) atoms. The van der Waals surface area contributed by atoms with Gasteiger partial charge in [0, 0.05) is 70.3 Å². The molecule has 178 valence electrons. The summed E-state index contributed by atoms with van der Waals surface area (Å²) in [7, 11) is 5.50. The topological polar surface area (TPSA) is 70.0 Å². The molecule has 1 fully saturated rings. The second kappa shape index (κ2) is 12.9. The van der Waals surface area contributed by atoms with Crippen molar-refractivity contribution in [3.05, 3.63) is 41.2 Å². The molecule has 0 amide bonds. The molecule has 0 bridgehead atoms. The molecule has 0 saturated carbocycles. The van der Waals surface area contributed by atoms with Crippen LogP contribution in [0, 0.1) is 13.8 Å². The summed E-state index contributed by atoms with van der Waals surface area (Å²) in [4.78, 5) is 9.34. The minimum absolute atomic E-state index is 0. The molecule has 0 spiro atoms. The van der Waals surface area contributed by atoms with Crippen molar-refractivity contribution in [3.8, 4) is 5.75 Å². The molecule has 1 aromatic carbocycles. The number of anilines is 1. The third-order valence-electron chi connectivity index (χ3n) is 6.07. The maximum Gasteiger partial charge on any atom is 0.191 e. The largest absolute Gasteiger partial charge is 0.497 e. The van der Waals surface area contributed by atoms with E-state index in [9.17, 15) is 0 Å². The fourth-order valence-corrected chi connectivity index (χ4v) is 4.00. The number of nitrogens with zero attached hydrogens (tertiary/aromatic N) is 5. The Kier molecular flexibility index (Phi) is 10.6. The zero-order valence-electron chi connectivity index (χ0n) is 20.0. The van der Waals surface area contributed by atoms with Crippen LogP contribution in [0.3, 0.4) is 0 Å². The summed E-state index contributed by atoms with van der Waals surface area (Å²) in [6.07, 6.45) is 1.09. The minimum Gasteiger partial charge on any atom is -0.497 e. The summed E-state index contributed by atoms with van der Waals surface area (Å²) in [6.45, 7) is 11.2. The van der Waals surface area contributed by atoms with E-state index in [0.717, 1.165) is 69.6 Å². The van der Waals surface area contributed by atoms with Crippen LogP contribution in [0.5, 0.6) is 5.75 Å². The van der Waals surface area contributed by atoms with E-state index in [4.69, 9.17) is 4.74 Å². The molecule has 2 aromatic rings. The maximum atomic E-state index is 5.25. The second-order valence-electron chi connectivity index (χ2n) is 8.01. The number of guanidine groups is 1. The van der Waals surface area contributed by atoms with Crippen LogP contribution in [0.25, 0.3) is 0 Å². The van der Waals surface area contributed by atoms with Gasteiger partial charge in [-0.05, 0) is 51.1 Å². The minimum atomic E-state index is 0. The number of aryl methyl sites for hydroxylation is 2. The van der Waals surface area contributed by atoms with Gasteiger partial charge in [0.15, 0.2) is 5.96 Å². The van der Waals surface area contributed by atoms with Crippen LogP contribution in [0.2, 0.25) is 0 Å². The smallest absolute Gasteiger partial charge is 0.191 e. The predicted octanol–water partition coefficient (Wildman–Crippen LogP) is 2.54. The van der Waals surface area contributed by atoms with Crippen LogP contribution in [0.1, 0.15) is 23.4 Å². The van der Waals surface area contributed by atoms with Crippen molar-refractivity contribution >= 4 is 35.6 Å². The molecule has 0 unspecified atom stereocenters. The number of aromatic nitrogens is 2. The lowest BCUT2D eigenvalue weighted by molar-refractivity contribution is 0.255. The van der Waals surface area contributed by atoms with Gasteiger partial charge in [0.05, 0.1) is 12.8 Å². The first-order valence-corrected chi connectivity index (χ1v) is 11.1. The Balaban J connectivity index is 0.00000363.